The summed E-state index contributed by atoms with van der Waals surface area (Å²) in [6, 6.07) is 0.564. The van der Waals surface area contributed by atoms with Crippen LogP contribution < -0.4 is 5.32 Å². The summed E-state index contributed by atoms with van der Waals surface area (Å²) in [6.07, 6.45) is 7.05. The van der Waals surface area contributed by atoms with Crippen LogP contribution in [-0.4, -0.2) is 16.0 Å². The Balaban J connectivity index is 2.18. The minimum Gasteiger partial charge on any atom is -0.367 e. The highest BCUT2D eigenvalue weighted by Crippen LogP contribution is 2.25. The van der Waals surface area contributed by atoms with Gasteiger partial charge in [0.1, 0.15) is 16.8 Å². The van der Waals surface area contributed by atoms with E-state index in [4.69, 9.17) is 11.6 Å². The van der Waals surface area contributed by atoms with Crippen molar-refractivity contribution in [2.45, 2.75) is 58.4 Å². The molecule has 0 bridgehead atoms. The molecule has 2 rings (SSSR count). The summed E-state index contributed by atoms with van der Waals surface area (Å²) in [4.78, 5) is 8.89. The van der Waals surface area contributed by atoms with Crippen molar-refractivity contribution in [1.82, 2.24) is 9.97 Å². The standard InChI is InChI=1S/C13H20ClN3/c1-3-6-11-16-12(14)9(2)13(17-11)15-10-7-4-5-8-10/h10H,3-8H2,1-2H3,(H,15,16,17). The summed E-state index contributed by atoms with van der Waals surface area (Å²) in [5.41, 5.74) is 0.971. The van der Waals surface area contributed by atoms with Crippen LogP contribution in [0.1, 0.15) is 50.4 Å². The van der Waals surface area contributed by atoms with Gasteiger partial charge < -0.3 is 5.32 Å². The van der Waals surface area contributed by atoms with Crippen molar-refractivity contribution in [3.8, 4) is 0 Å². The van der Waals surface area contributed by atoms with Crippen molar-refractivity contribution in [2.75, 3.05) is 5.32 Å². The summed E-state index contributed by atoms with van der Waals surface area (Å²) in [5, 5.41) is 4.10. The zero-order valence-electron chi connectivity index (χ0n) is 10.6. The van der Waals surface area contributed by atoms with Crippen molar-refractivity contribution in [2.24, 2.45) is 0 Å². The molecule has 0 saturated heterocycles. The number of nitrogens with one attached hydrogen (secondary N) is 1. The van der Waals surface area contributed by atoms with E-state index < -0.39 is 0 Å². The van der Waals surface area contributed by atoms with Crippen LogP contribution in [0.3, 0.4) is 0 Å². The van der Waals surface area contributed by atoms with Crippen LogP contribution in [0.2, 0.25) is 5.15 Å². The van der Waals surface area contributed by atoms with E-state index in [1.807, 2.05) is 6.92 Å². The van der Waals surface area contributed by atoms with Gasteiger partial charge in [-0.3, -0.25) is 0 Å². The van der Waals surface area contributed by atoms with Crippen LogP contribution >= 0.6 is 11.6 Å². The van der Waals surface area contributed by atoms with Gasteiger partial charge in [-0.05, 0) is 26.2 Å². The van der Waals surface area contributed by atoms with Crippen LogP contribution in [-0.2, 0) is 6.42 Å². The molecule has 1 aliphatic carbocycles. The van der Waals surface area contributed by atoms with E-state index in [2.05, 4.69) is 22.2 Å². The highest BCUT2D eigenvalue weighted by molar-refractivity contribution is 6.30. The first kappa shape index (κ1) is 12.6. The number of rotatable bonds is 4. The zero-order valence-corrected chi connectivity index (χ0v) is 11.3. The van der Waals surface area contributed by atoms with E-state index in [1.165, 1.54) is 25.7 Å². The normalized spacial score (nSPS) is 16.4. The third-order valence-corrected chi connectivity index (χ3v) is 3.67. The largest absolute Gasteiger partial charge is 0.367 e. The molecule has 0 aromatic carbocycles. The van der Waals surface area contributed by atoms with Gasteiger partial charge in [0.05, 0.1) is 0 Å². The van der Waals surface area contributed by atoms with E-state index in [9.17, 15) is 0 Å². The minimum atomic E-state index is 0.564. The van der Waals surface area contributed by atoms with Crippen molar-refractivity contribution in [1.29, 1.82) is 0 Å². The van der Waals surface area contributed by atoms with Gasteiger partial charge in [-0.2, -0.15) is 0 Å². The van der Waals surface area contributed by atoms with E-state index in [1.54, 1.807) is 0 Å². The Hall–Kier alpha value is -0.830. The molecule has 0 spiro atoms. The summed E-state index contributed by atoms with van der Waals surface area (Å²) >= 11 is 6.15. The smallest absolute Gasteiger partial charge is 0.137 e. The molecule has 0 atom stereocenters. The molecule has 4 heteroatoms. The maximum atomic E-state index is 6.15. The Bertz CT molecular complexity index is 386. The van der Waals surface area contributed by atoms with Gasteiger partial charge in [-0.25, -0.2) is 9.97 Å². The second kappa shape index (κ2) is 5.67. The minimum absolute atomic E-state index is 0.564. The number of hydrogen-bond acceptors (Lipinski definition) is 3. The van der Waals surface area contributed by atoms with Gasteiger partial charge in [-0.15, -0.1) is 0 Å². The molecular weight excluding hydrogens is 234 g/mol. The first-order chi connectivity index (χ1) is 8.20. The second-order valence-corrected chi connectivity index (χ2v) is 5.14. The molecule has 1 aliphatic rings. The number of hydrogen-bond donors (Lipinski definition) is 1. The van der Waals surface area contributed by atoms with Gasteiger partial charge in [0.2, 0.25) is 0 Å². The third kappa shape index (κ3) is 3.09. The Labute approximate surface area is 108 Å². The molecule has 1 fully saturated rings. The van der Waals surface area contributed by atoms with Crippen LogP contribution in [0.5, 0.6) is 0 Å². The topological polar surface area (TPSA) is 37.8 Å². The molecule has 1 aromatic rings. The Morgan fingerprint density at radius 2 is 2.00 bits per heavy atom. The molecule has 1 saturated carbocycles. The SMILES string of the molecule is CCCc1nc(Cl)c(C)c(NC2CCCC2)n1. The summed E-state index contributed by atoms with van der Waals surface area (Å²) in [5.74, 6) is 1.78. The first-order valence-corrected chi connectivity index (χ1v) is 6.88. The third-order valence-electron chi connectivity index (χ3n) is 3.30. The van der Waals surface area contributed by atoms with Crippen LogP contribution in [0.25, 0.3) is 0 Å². The van der Waals surface area contributed by atoms with Crippen molar-refractivity contribution in [3.05, 3.63) is 16.5 Å². The van der Waals surface area contributed by atoms with Crippen LogP contribution in [0.15, 0.2) is 0 Å². The van der Waals surface area contributed by atoms with E-state index in [0.29, 0.717) is 11.2 Å². The van der Waals surface area contributed by atoms with Gasteiger partial charge in [0.15, 0.2) is 0 Å². The Morgan fingerprint density at radius 1 is 1.29 bits per heavy atom. The molecule has 3 nitrogen and oxygen atoms in total. The highest BCUT2D eigenvalue weighted by atomic mass is 35.5. The molecule has 1 N–H and O–H groups in total. The van der Waals surface area contributed by atoms with E-state index >= 15 is 0 Å². The fourth-order valence-electron chi connectivity index (χ4n) is 2.27. The number of anilines is 1. The summed E-state index contributed by atoms with van der Waals surface area (Å²) in [7, 11) is 0. The molecule has 17 heavy (non-hydrogen) atoms. The second-order valence-electron chi connectivity index (χ2n) is 4.78. The molecule has 94 valence electrons. The summed E-state index contributed by atoms with van der Waals surface area (Å²) < 4.78 is 0. The Morgan fingerprint density at radius 3 is 2.65 bits per heavy atom. The monoisotopic (exact) mass is 253 g/mol. The zero-order chi connectivity index (χ0) is 12.3. The van der Waals surface area contributed by atoms with Crippen LogP contribution in [0, 0.1) is 6.92 Å². The average molecular weight is 254 g/mol. The fourth-order valence-corrected chi connectivity index (χ4v) is 2.46. The lowest BCUT2D eigenvalue weighted by Crippen LogP contribution is -2.17. The van der Waals surface area contributed by atoms with Gasteiger partial charge in [-0.1, -0.05) is 31.4 Å². The number of halogens is 1. The molecule has 0 aliphatic heterocycles. The molecule has 0 amide bonds. The van der Waals surface area contributed by atoms with E-state index in [0.717, 1.165) is 30.0 Å². The first-order valence-electron chi connectivity index (χ1n) is 6.50. The summed E-state index contributed by atoms with van der Waals surface area (Å²) in [6.45, 7) is 4.11. The van der Waals surface area contributed by atoms with Crippen molar-refractivity contribution >= 4 is 17.4 Å². The van der Waals surface area contributed by atoms with Gasteiger partial charge in [0, 0.05) is 18.0 Å². The Kier molecular flexibility index (Phi) is 4.21. The van der Waals surface area contributed by atoms with Gasteiger partial charge >= 0.3 is 0 Å². The lowest BCUT2D eigenvalue weighted by molar-refractivity contribution is 0.742. The number of nitrogens with zero attached hydrogens (tertiary/aromatic N) is 2. The van der Waals surface area contributed by atoms with Crippen LogP contribution in [0.4, 0.5) is 5.82 Å². The van der Waals surface area contributed by atoms with E-state index in [-0.39, 0.29) is 0 Å². The van der Waals surface area contributed by atoms with Crippen molar-refractivity contribution < 1.29 is 0 Å². The van der Waals surface area contributed by atoms with Gasteiger partial charge in [0.25, 0.3) is 0 Å². The fraction of sp³-hybridized carbons (Fsp3) is 0.692. The lowest BCUT2D eigenvalue weighted by atomic mass is 10.2. The molecule has 0 radical (unpaired) electrons. The maximum Gasteiger partial charge on any atom is 0.137 e. The average Bonchev–Trinajstić information content (AvgIpc) is 2.78. The molecule has 1 heterocycles. The maximum absolute atomic E-state index is 6.15. The lowest BCUT2D eigenvalue weighted by Gasteiger charge is -2.16. The molecular formula is C13H20ClN3. The molecule has 0 unspecified atom stereocenters. The molecule has 1 aromatic heterocycles. The predicted octanol–water partition coefficient (Wildman–Crippen LogP) is 3.75. The van der Waals surface area contributed by atoms with Crippen molar-refractivity contribution in [3.63, 3.8) is 0 Å². The highest BCUT2D eigenvalue weighted by Gasteiger charge is 2.17. The number of aromatic nitrogens is 2. The number of aryl methyl sites for hydroxylation is 1. The predicted molar refractivity (Wildman–Crippen MR) is 71.7 cm³/mol. The quantitative estimate of drug-likeness (QED) is 0.831.